The number of hydrogen-bond acceptors (Lipinski definition) is 3. The molecular weight excluding hydrogens is 226 g/mol. The Morgan fingerprint density at radius 1 is 1.39 bits per heavy atom. The Bertz CT molecular complexity index is 635. The fourth-order valence-corrected chi connectivity index (χ4v) is 2.04. The van der Waals surface area contributed by atoms with Crippen molar-refractivity contribution in [3.8, 4) is 0 Å². The van der Waals surface area contributed by atoms with Crippen LogP contribution in [0.3, 0.4) is 0 Å². The minimum absolute atomic E-state index is 0.184. The van der Waals surface area contributed by atoms with Gasteiger partial charge in [0.05, 0.1) is 18.8 Å². The lowest BCUT2D eigenvalue weighted by Crippen LogP contribution is -2.17. The van der Waals surface area contributed by atoms with Crippen molar-refractivity contribution in [3.63, 3.8) is 0 Å². The lowest BCUT2D eigenvalue weighted by atomic mass is 10.2. The van der Waals surface area contributed by atoms with Gasteiger partial charge in [0, 0.05) is 11.6 Å². The molecule has 2 aromatic heterocycles. The van der Waals surface area contributed by atoms with Gasteiger partial charge < -0.3 is 10.2 Å². The molecule has 0 spiro atoms. The summed E-state index contributed by atoms with van der Waals surface area (Å²) in [6, 6.07) is 9.73. The summed E-state index contributed by atoms with van der Waals surface area (Å²) in [4.78, 5) is 0. The van der Waals surface area contributed by atoms with Crippen molar-refractivity contribution >= 4 is 11.0 Å². The number of nitrogens with two attached hydrogens (primary N) is 1. The van der Waals surface area contributed by atoms with Crippen LogP contribution in [0.4, 0.5) is 0 Å². The molecular formula is C14H15N3O. The molecule has 3 aromatic rings. The highest BCUT2D eigenvalue weighted by atomic mass is 16.3. The summed E-state index contributed by atoms with van der Waals surface area (Å²) < 4.78 is 7.58. The third-order valence-corrected chi connectivity index (χ3v) is 2.96. The van der Waals surface area contributed by atoms with Gasteiger partial charge in [-0.05, 0) is 24.6 Å². The van der Waals surface area contributed by atoms with Gasteiger partial charge in [-0.1, -0.05) is 18.2 Å². The maximum Gasteiger partial charge on any atom is 0.134 e. The van der Waals surface area contributed by atoms with Crippen LogP contribution in [0.25, 0.3) is 11.0 Å². The van der Waals surface area contributed by atoms with E-state index in [0.29, 0.717) is 6.54 Å². The number of rotatable bonds is 3. The van der Waals surface area contributed by atoms with Crippen LogP contribution in [0, 0.1) is 6.92 Å². The zero-order valence-corrected chi connectivity index (χ0v) is 10.2. The highest BCUT2D eigenvalue weighted by molar-refractivity contribution is 5.77. The molecule has 4 heteroatoms. The Hall–Kier alpha value is -2.07. The molecule has 0 amide bonds. The summed E-state index contributed by atoms with van der Waals surface area (Å²) in [7, 11) is 0. The average Bonchev–Trinajstić information content (AvgIpc) is 2.95. The average molecular weight is 241 g/mol. The Balaban J connectivity index is 1.85. The van der Waals surface area contributed by atoms with E-state index in [4.69, 9.17) is 10.2 Å². The van der Waals surface area contributed by atoms with Crippen LogP contribution in [0.2, 0.25) is 0 Å². The smallest absolute Gasteiger partial charge is 0.134 e. The summed E-state index contributed by atoms with van der Waals surface area (Å²) in [5.74, 6) is 0.796. The van der Waals surface area contributed by atoms with E-state index in [9.17, 15) is 0 Å². The molecule has 1 atom stereocenters. The van der Waals surface area contributed by atoms with E-state index >= 15 is 0 Å². The number of nitrogens with zero attached hydrogens (tertiary/aromatic N) is 2. The molecule has 0 radical (unpaired) electrons. The highest BCUT2D eigenvalue weighted by Crippen LogP contribution is 2.23. The van der Waals surface area contributed by atoms with Crippen LogP contribution in [-0.4, -0.2) is 9.78 Å². The molecule has 1 aromatic carbocycles. The van der Waals surface area contributed by atoms with Gasteiger partial charge in [0.1, 0.15) is 11.3 Å². The molecule has 0 saturated heterocycles. The molecule has 0 bridgehead atoms. The van der Waals surface area contributed by atoms with Crippen LogP contribution in [0.5, 0.6) is 0 Å². The van der Waals surface area contributed by atoms with Crippen LogP contribution in [-0.2, 0) is 6.54 Å². The molecule has 0 aliphatic rings. The molecule has 0 fully saturated rings. The van der Waals surface area contributed by atoms with Crippen LogP contribution >= 0.6 is 0 Å². The first-order chi connectivity index (χ1) is 8.72. The Morgan fingerprint density at radius 2 is 2.22 bits per heavy atom. The summed E-state index contributed by atoms with van der Waals surface area (Å²) >= 11 is 0. The van der Waals surface area contributed by atoms with Crippen molar-refractivity contribution in [3.05, 3.63) is 54.0 Å². The molecule has 18 heavy (non-hydrogen) atoms. The third-order valence-electron chi connectivity index (χ3n) is 2.96. The van der Waals surface area contributed by atoms with E-state index in [1.807, 2.05) is 54.3 Å². The van der Waals surface area contributed by atoms with E-state index in [0.717, 1.165) is 22.3 Å². The van der Waals surface area contributed by atoms with Gasteiger partial charge >= 0.3 is 0 Å². The van der Waals surface area contributed by atoms with E-state index in [-0.39, 0.29) is 6.04 Å². The van der Waals surface area contributed by atoms with Crippen molar-refractivity contribution < 1.29 is 4.42 Å². The van der Waals surface area contributed by atoms with E-state index in [2.05, 4.69) is 5.10 Å². The van der Waals surface area contributed by atoms with Crippen molar-refractivity contribution in [2.24, 2.45) is 5.73 Å². The summed E-state index contributed by atoms with van der Waals surface area (Å²) in [6.45, 7) is 2.63. The van der Waals surface area contributed by atoms with Crippen LogP contribution in [0.15, 0.2) is 47.1 Å². The first-order valence-electron chi connectivity index (χ1n) is 5.95. The Labute approximate surface area is 105 Å². The lowest BCUT2D eigenvalue weighted by molar-refractivity contribution is 0.438. The monoisotopic (exact) mass is 241 g/mol. The van der Waals surface area contributed by atoms with Crippen molar-refractivity contribution in [2.45, 2.75) is 19.5 Å². The molecule has 0 saturated carbocycles. The predicted molar refractivity (Wildman–Crippen MR) is 70.1 cm³/mol. The van der Waals surface area contributed by atoms with Gasteiger partial charge in [-0.25, -0.2) is 0 Å². The standard InChI is InChI=1S/C14H15N3O/c1-10-7-16-17(8-10)9-12(15)14-6-11-4-2-3-5-13(11)18-14/h2-8,12H,9,15H2,1H3. The number of aryl methyl sites for hydroxylation is 1. The molecule has 2 N–H and O–H groups in total. The Morgan fingerprint density at radius 3 is 2.94 bits per heavy atom. The molecule has 0 aliphatic heterocycles. The van der Waals surface area contributed by atoms with Gasteiger partial charge in [0.15, 0.2) is 0 Å². The van der Waals surface area contributed by atoms with Crippen LogP contribution < -0.4 is 5.73 Å². The first-order valence-corrected chi connectivity index (χ1v) is 5.95. The van der Waals surface area contributed by atoms with Gasteiger partial charge in [0.2, 0.25) is 0 Å². The first kappa shape index (κ1) is 11.0. The second-order valence-corrected chi connectivity index (χ2v) is 4.53. The summed E-state index contributed by atoms with van der Waals surface area (Å²) in [5, 5.41) is 5.31. The number of aromatic nitrogens is 2. The highest BCUT2D eigenvalue weighted by Gasteiger charge is 2.12. The zero-order valence-electron chi connectivity index (χ0n) is 10.2. The number of para-hydroxylation sites is 1. The number of fused-ring (bicyclic) bond motifs is 1. The lowest BCUT2D eigenvalue weighted by Gasteiger charge is -2.08. The molecule has 4 nitrogen and oxygen atoms in total. The Kier molecular flexibility index (Phi) is 2.64. The van der Waals surface area contributed by atoms with Crippen LogP contribution in [0.1, 0.15) is 17.4 Å². The number of hydrogen-bond donors (Lipinski definition) is 1. The number of furan rings is 1. The summed E-state index contributed by atoms with van der Waals surface area (Å²) in [6.07, 6.45) is 3.80. The topological polar surface area (TPSA) is 57.0 Å². The minimum Gasteiger partial charge on any atom is -0.459 e. The van der Waals surface area contributed by atoms with E-state index in [1.54, 1.807) is 0 Å². The minimum atomic E-state index is -0.184. The second kappa shape index (κ2) is 4.31. The largest absolute Gasteiger partial charge is 0.459 e. The quantitative estimate of drug-likeness (QED) is 0.767. The fourth-order valence-electron chi connectivity index (χ4n) is 2.04. The van der Waals surface area contributed by atoms with E-state index < -0.39 is 0 Å². The number of benzene rings is 1. The fraction of sp³-hybridized carbons (Fsp3) is 0.214. The van der Waals surface area contributed by atoms with Gasteiger partial charge in [0.25, 0.3) is 0 Å². The van der Waals surface area contributed by atoms with E-state index in [1.165, 1.54) is 0 Å². The zero-order chi connectivity index (χ0) is 12.5. The van der Waals surface area contributed by atoms with Crippen molar-refractivity contribution in [1.29, 1.82) is 0 Å². The van der Waals surface area contributed by atoms with Gasteiger partial charge in [-0.2, -0.15) is 5.10 Å². The SMILES string of the molecule is Cc1cnn(CC(N)c2cc3ccccc3o2)c1. The normalized spacial score (nSPS) is 13.0. The maximum absolute atomic E-state index is 6.15. The molecule has 2 heterocycles. The van der Waals surface area contributed by atoms with Crippen molar-refractivity contribution in [1.82, 2.24) is 9.78 Å². The van der Waals surface area contributed by atoms with Gasteiger partial charge in [-0.15, -0.1) is 0 Å². The second-order valence-electron chi connectivity index (χ2n) is 4.53. The molecule has 0 aliphatic carbocycles. The third kappa shape index (κ3) is 2.02. The summed E-state index contributed by atoms with van der Waals surface area (Å²) in [5.41, 5.74) is 8.15. The predicted octanol–water partition coefficient (Wildman–Crippen LogP) is 2.64. The molecule has 3 rings (SSSR count). The van der Waals surface area contributed by atoms with Crippen molar-refractivity contribution in [2.75, 3.05) is 0 Å². The molecule has 1 unspecified atom stereocenters. The van der Waals surface area contributed by atoms with Gasteiger partial charge in [-0.3, -0.25) is 4.68 Å². The molecule has 92 valence electrons. The maximum atomic E-state index is 6.15.